The van der Waals surface area contributed by atoms with Crippen LogP contribution < -0.4 is 25.4 Å². The van der Waals surface area contributed by atoms with Crippen LogP contribution in [0.2, 0.25) is 0 Å². The number of rotatable bonds is 8. The van der Waals surface area contributed by atoms with Gasteiger partial charge in [0.2, 0.25) is 5.91 Å². The number of piperazine rings is 1. The third-order valence-electron chi connectivity index (χ3n) is 6.65. The van der Waals surface area contributed by atoms with Gasteiger partial charge in [-0.05, 0) is 66.7 Å². The molecule has 13 heteroatoms. The third kappa shape index (κ3) is 7.02. The van der Waals surface area contributed by atoms with E-state index in [1.807, 2.05) is 24.3 Å². The van der Waals surface area contributed by atoms with Crippen molar-refractivity contribution in [2.24, 2.45) is 0 Å². The van der Waals surface area contributed by atoms with Crippen LogP contribution in [0, 0.1) is 0 Å². The van der Waals surface area contributed by atoms with Gasteiger partial charge in [-0.25, -0.2) is 8.42 Å². The molecule has 0 unspecified atom stereocenters. The zero-order valence-corrected chi connectivity index (χ0v) is 23.9. The molecule has 2 amide bonds. The minimum Gasteiger partial charge on any atom is -0.484 e. The Kier molecular flexibility index (Phi) is 8.94. The van der Waals surface area contributed by atoms with Crippen LogP contribution in [0.3, 0.4) is 0 Å². The Morgan fingerprint density at radius 1 is 0.951 bits per heavy atom. The summed E-state index contributed by atoms with van der Waals surface area (Å²) in [5, 5.41) is 3.46. The van der Waals surface area contributed by atoms with Crippen molar-refractivity contribution in [3.8, 4) is 5.75 Å². The van der Waals surface area contributed by atoms with Gasteiger partial charge in [0.25, 0.3) is 15.9 Å². The van der Waals surface area contributed by atoms with Gasteiger partial charge < -0.3 is 30.6 Å². The molecule has 0 spiro atoms. The Labute approximate surface area is 244 Å². The number of sulfonamides is 1. The fraction of sp³-hybridized carbons (Fsp3) is 0.214. The predicted octanol–water partition coefficient (Wildman–Crippen LogP) is 3.66. The molecule has 4 aromatic rings. The molecular formula is C28H31ClN6O5S. The number of aromatic amines is 1. The van der Waals surface area contributed by atoms with Gasteiger partial charge in [-0.3, -0.25) is 14.3 Å². The first-order chi connectivity index (χ1) is 19.2. The van der Waals surface area contributed by atoms with Crippen molar-refractivity contribution in [1.29, 1.82) is 0 Å². The zero-order valence-electron chi connectivity index (χ0n) is 22.3. The number of H-pyrrole nitrogens is 1. The Balaban J connectivity index is 0.00000387. The van der Waals surface area contributed by atoms with Crippen molar-refractivity contribution >= 4 is 67.9 Å². The van der Waals surface area contributed by atoms with Crippen LogP contribution in [0.4, 0.5) is 22.7 Å². The van der Waals surface area contributed by atoms with Crippen LogP contribution in [0.1, 0.15) is 6.92 Å². The summed E-state index contributed by atoms with van der Waals surface area (Å²) < 4.78 is 33.8. The molecule has 1 fully saturated rings. The van der Waals surface area contributed by atoms with Crippen molar-refractivity contribution < 1.29 is 22.7 Å². The van der Waals surface area contributed by atoms with Crippen LogP contribution in [0.5, 0.6) is 5.75 Å². The van der Waals surface area contributed by atoms with Crippen molar-refractivity contribution in [2.75, 3.05) is 53.5 Å². The number of amides is 2. The van der Waals surface area contributed by atoms with Gasteiger partial charge in [-0.1, -0.05) is 0 Å². The van der Waals surface area contributed by atoms with Gasteiger partial charge in [0, 0.05) is 67.3 Å². The Hall–Kier alpha value is -4.42. The first-order valence-corrected chi connectivity index (χ1v) is 14.2. The number of halogens is 1. The van der Waals surface area contributed by atoms with E-state index in [0.29, 0.717) is 49.0 Å². The van der Waals surface area contributed by atoms with Gasteiger partial charge in [-0.15, -0.1) is 12.4 Å². The molecule has 1 aromatic heterocycles. The van der Waals surface area contributed by atoms with E-state index >= 15 is 0 Å². The normalized spacial score (nSPS) is 13.4. The lowest BCUT2D eigenvalue weighted by Crippen LogP contribution is -2.50. The lowest BCUT2D eigenvalue weighted by Gasteiger charge is -2.36. The molecule has 11 nitrogen and oxygen atoms in total. The molecule has 0 atom stereocenters. The van der Waals surface area contributed by atoms with E-state index in [1.165, 1.54) is 31.2 Å². The molecule has 0 aliphatic carbocycles. The highest BCUT2D eigenvalue weighted by molar-refractivity contribution is 7.92. The lowest BCUT2D eigenvalue weighted by molar-refractivity contribution is -0.133. The fourth-order valence-corrected chi connectivity index (χ4v) is 5.60. The number of aromatic nitrogens is 1. The highest BCUT2D eigenvalue weighted by Gasteiger charge is 2.22. The maximum Gasteiger partial charge on any atom is 0.261 e. The topological polar surface area (TPSA) is 150 Å². The summed E-state index contributed by atoms with van der Waals surface area (Å²) in [6.07, 6.45) is 1.72. The van der Waals surface area contributed by atoms with Crippen molar-refractivity contribution in [3.05, 3.63) is 72.9 Å². The molecular weight excluding hydrogens is 568 g/mol. The van der Waals surface area contributed by atoms with Crippen molar-refractivity contribution in [2.45, 2.75) is 11.8 Å². The third-order valence-corrected chi connectivity index (χ3v) is 8.05. The maximum atomic E-state index is 12.8. The van der Waals surface area contributed by atoms with Crippen LogP contribution in [-0.4, -0.2) is 62.9 Å². The summed E-state index contributed by atoms with van der Waals surface area (Å²) in [4.78, 5) is 31.0. The molecule has 0 saturated carbocycles. The molecule has 3 aromatic carbocycles. The largest absolute Gasteiger partial charge is 0.484 e. The van der Waals surface area contributed by atoms with E-state index in [9.17, 15) is 18.0 Å². The summed E-state index contributed by atoms with van der Waals surface area (Å²) >= 11 is 0. The Morgan fingerprint density at radius 3 is 2.27 bits per heavy atom. The molecule has 5 N–H and O–H groups in total. The summed E-state index contributed by atoms with van der Waals surface area (Å²) in [5.41, 5.74) is 9.37. The number of nitrogens with two attached hydrogens (primary N) is 1. The van der Waals surface area contributed by atoms with Gasteiger partial charge in [0.05, 0.1) is 10.6 Å². The lowest BCUT2D eigenvalue weighted by atomic mass is 10.2. The fourth-order valence-electron chi connectivity index (χ4n) is 4.54. The van der Waals surface area contributed by atoms with E-state index in [2.05, 4.69) is 19.9 Å². The molecule has 0 radical (unpaired) electrons. The molecule has 0 bridgehead atoms. The maximum absolute atomic E-state index is 12.8. The Bertz CT molecular complexity index is 1630. The summed E-state index contributed by atoms with van der Waals surface area (Å²) in [7, 11) is -3.79. The number of nitrogens with one attached hydrogen (secondary N) is 3. The average molecular weight is 599 g/mol. The van der Waals surface area contributed by atoms with E-state index in [0.717, 1.165) is 16.6 Å². The number of ether oxygens (including phenoxy) is 1. The molecule has 1 aliphatic rings. The number of carbonyl (C=O) groups excluding carboxylic acids is 2. The number of nitrogen functional groups attached to an aromatic ring is 1. The van der Waals surface area contributed by atoms with Crippen LogP contribution in [-0.2, 0) is 19.6 Å². The summed E-state index contributed by atoms with van der Waals surface area (Å²) in [5.74, 6) is 0.268. The number of hydrogen-bond donors (Lipinski definition) is 4. The van der Waals surface area contributed by atoms with E-state index in [-0.39, 0.29) is 35.7 Å². The van der Waals surface area contributed by atoms with Crippen molar-refractivity contribution in [3.63, 3.8) is 0 Å². The smallest absolute Gasteiger partial charge is 0.261 e. The second kappa shape index (κ2) is 12.4. The zero-order chi connectivity index (χ0) is 28.3. The predicted molar refractivity (Wildman–Crippen MR) is 162 cm³/mol. The standard InChI is InChI=1S/C28H30N6O5S.ClH/c1-19(35)31-20-4-9-24(10-5-20)40(37,38)32-21-2-6-22(7-3-21)33-12-14-34(15-13-33)28(36)18-39-23-8-11-27-25(16-23)26(29)17-30-27;/h2-11,16-17,30,32H,12-15,18,29H2,1H3,(H,31,35);1H. The van der Waals surface area contributed by atoms with Crippen LogP contribution >= 0.6 is 12.4 Å². The summed E-state index contributed by atoms with van der Waals surface area (Å²) in [6, 6.07) is 18.5. The molecule has 41 heavy (non-hydrogen) atoms. The monoisotopic (exact) mass is 598 g/mol. The average Bonchev–Trinajstić information content (AvgIpc) is 3.32. The minimum atomic E-state index is -3.79. The van der Waals surface area contributed by atoms with Gasteiger partial charge in [0.1, 0.15) is 5.75 Å². The van der Waals surface area contributed by atoms with Gasteiger partial charge in [-0.2, -0.15) is 0 Å². The van der Waals surface area contributed by atoms with E-state index < -0.39 is 10.0 Å². The number of benzene rings is 3. The number of fused-ring (bicyclic) bond motifs is 1. The van der Waals surface area contributed by atoms with E-state index in [4.69, 9.17) is 10.5 Å². The quantitative estimate of drug-likeness (QED) is 0.242. The second-order valence-corrected chi connectivity index (χ2v) is 11.1. The van der Waals surface area contributed by atoms with Crippen molar-refractivity contribution in [1.82, 2.24) is 9.88 Å². The van der Waals surface area contributed by atoms with Gasteiger partial charge in [0.15, 0.2) is 6.61 Å². The van der Waals surface area contributed by atoms with Crippen LogP contribution in [0.25, 0.3) is 10.9 Å². The Morgan fingerprint density at radius 2 is 1.61 bits per heavy atom. The molecule has 2 heterocycles. The first-order valence-electron chi connectivity index (χ1n) is 12.7. The first kappa shape index (κ1) is 29.6. The summed E-state index contributed by atoms with van der Waals surface area (Å²) in [6.45, 7) is 3.71. The van der Waals surface area contributed by atoms with E-state index in [1.54, 1.807) is 29.3 Å². The van der Waals surface area contributed by atoms with Crippen LogP contribution in [0.15, 0.2) is 77.8 Å². The number of carbonyl (C=O) groups is 2. The highest BCUT2D eigenvalue weighted by atomic mass is 35.5. The number of nitrogens with zero attached hydrogens (tertiary/aromatic N) is 2. The van der Waals surface area contributed by atoms with Gasteiger partial charge >= 0.3 is 0 Å². The molecule has 1 aliphatic heterocycles. The molecule has 216 valence electrons. The highest BCUT2D eigenvalue weighted by Crippen LogP contribution is 2.26. The second-order valence-electron chi connectivity index (χ2n) is 9.47. The number of hydrogen-bond acceptors (Lipinski definition) is 7. The molecule has 1 saturated heterocycles. The molecule has 5 rings (SSSR count). The minimum absolute atomic E-state index is 0. The SMILES string of the molecule is CC(=O)Nc1ccc(S(=O)(=O)Nc2ccc(N3CCN(C(=O)COc4ccc5[nH]cc(N)c5c4)CC3)cc2)cc1.Cl. The number of anilines is 4.